The Bertz CT molecular complexity index is 1530. The summed E-state index contributed by atoms with van der Waals surface area (Å²) in [6.07, 6.45) is 10.0. The summed E-state index contributed by atoms with van der Waals surface area (Å²) in [7, 11) is -5.70. The van der Waals surface area contributed by atoms with Gasteiger partial charge in [0.1, 0.15) is 31.8 Å². The third-order valence-corrected chi connectivity index (χ3v) is 17.4. The molecular formula is C43H38MnOP2+2. The van der Waals surface area contributed by atoms with Gasteiger partial charge in [-0.05, 0) is 72.8 Å². The molecule has 1 radical (unpaired) electrons. The van der Waals surface area contributed by atoms with Crippen LogP contribution in [-0.2, 0) is 17.1 Å². The molecule has 0 bridgehead atoms. The molecule has 0 fully saturated rings. The van der Waals surface area contributed by atoms with Crippen molar-refractivity contribution in [2.45, 2.75) is 6.42 Å². The van der Waals surface area contributed by atoms with Gasteiger partial charge >= 0.3 is 22.3 Å². The minimum atomic E-state index is -2.85. The second-order valence-corrected chi connectivity index (χ2v) is 17.6. The molecule has 231 valence electrons. The number of allylic oxidation sites excluding steroid dienone is 4. The van der Waals surface area contributed by atoms with Crippen LogP contribution in [0, 0.1) is 13.5 Å². The van der Waals surface area contributed by atoms with Gasteiger partial charge in [-0.1, -0.05) is 109 Å². The normalized spacial score (nSPS) is 11.7. The summed E-state index contributed by atoms with van der Waals surface area (Å²) >= 11 is 0. The third kappa shape index (κ3) is 7.09. The van der Waals surface area contributed by atoms with Crippen LogP contribution >= 0.6 is 14.5 Å². The summed E-state index contributed by atoms with van der Waals surface area (Å²) in [6.45, 7) is 0. The zero-order chi connectivity index (χ0) is 30.8. The van der Waals surface area contributed by atoms with E-state index in [9.17, 15) is 0 Å². The molecule has 0 aromatic heterocycles. The van der Waals surface area contributed by atoms with E-state index in [1.807, 2.05) is 48.6 Å². The van der Waals surface area contributed by atoms with E-state index in [4.69, 9.17) is 0 Å². The number of hydrogen-bond acceptors (Lipinski definition) is 1. The molecule has 0 saturated carbocycles. The van der Waals surface area contributed by atoms with E-state index in [2.05, 4.69) is 158 Å². The molecule has 7 rings (SSSR count). The number of carbonyl (C=O) groups is 1. The Morgan fingerprint density at radius 2 is 0.660 bits per heavy atom. The van der Waals surface area contributed by atoms with Crippen LogP contribution in [0.25, 0.3) is 0 Å². The molecule has 47 heavy (non-hydrogen) atoms. The van der Waals surface area contributed by atoms with E-state index in [1.54, 1.807) is 0 Å². The van der Waals surface area contributed by atoms with Crippen molar-refractivity contribution in [3.63, 3.8) is 0 Å². The zero-order valence-electron chi connectivity index (χ0n) is 26.4. The maximum absolute atomic E-state index is 16.4. The van der Waals surface area contributed by atoms with Crippen LogP contribution in [0.2, 0.25) is 0 Å². The van der Waals surface area contributed by atoms with Gasteiger partial charge in [-0.25, -0.2) is 16.9 Å². The van der Waals surface area contributed by atoms with Crippen molar-refractivity contribution >= 4 is 51.6 Å². The van der Waals surface area contributed by atoms with Crippen LogP contribution in [-0.4, -0.2) is 5.27 Å². The molecule has 1 aliphatic rings. The second kappa shape index (κ2) is 17.1. The van der Waals surface area contributed by atoms with Gasteiger partial charge in [-0.3, -0.25) is 6.08 Å². The molecule has 0 spiro atoms. The standard InChI is InChI=1S/C37H30OP2.C5H5.CH3.Mn/c38-37(39(31-19-7-1-8-20-31,32-21-9-2-10-22-32)33-23-11-3-12-24-33)40(34-25-13-4-14-26-34,35-27-15-5-16-28-35)36-29-17-6-18-30-36;1-2-4-5-3-1;;/h1-30H;1-3H,4H2;1H3;/q+2;2*-1;+2. The van der Waals surface area contributed by atoms with Crippen molar-refractivity contribution in [3.8, 4) is 0 Å². The van der Waals surface area contributed by atoms with E-state index in [0.29, 0.717) is 5.27 Å². The van der Waals surface area contributed by atoms with E-state index in [-0.39, 0.29) is 24.5 Å². The van der Waals surface area contributed by atoms with Crippen LogP contribution < -0.4 is 31.8 Å². The molecule has 0 atom stereocenters. The molecule has 6 aromatic rings. The van der Waals surface area contributed by atoms with Crippen molar-refractivity contribution in [2.24, 2.45) is 0 Å². The Labute approximate surface area is 292 Å². The molecule has 0 N–H and O–H groups in total. The molecule has 0 unspecified atom stereocenters. The summed E-state index contributed by atoms with van der Waals surface area (Å²) in [4.78, 5) is 16.4. The average molecular weight is 688 g/mol. The first kappa shape index (κ1) is 35.7. The van der Waals surface area contributed by atoms with Gasteiger partial charge in [0.25, 0.3) is 0 Å². The molecule has 6 aromatic carbocycles. The number of benzene rings is 6. The Morgan fingerprint density at radius 1 is 0.426 bits per heavy atom. The number of hydrogen-bond donors (Lipinski definition) is 0. The molecule has 0 aliphatic heterocycles. The summed E-state index contributed by atoms with van der Waals surface area (Å²) in [5.41, 5.74) is 0. The minimum Gasteiger partial charge on any atom is -0.358 e. The molecule has 0 saturated heterocycles. The maximum atomic E-state index is 16.4. The fraction of sp³-hybridized carbons (Fsp3) is 0.0233. The Kier molecular flexibility index (Phi) is 13.0. The minimum absolute atomic E-state index is 0. The van der Waals surface area contributed by atoms with Crippen molar-refractivity contribution in [1.82, 2.24) is 0 Å². The van der Waals surface area contributed by atoms with Crippen LogP contribution in [0.15, 0.2) is 200 Å². The Morgan fingerprint density at radius 3 is 0.809 bits per heavy atom. The monoisotopic (exact) mass is 687 g/mol. The quantitative estimate of drug-likeness (QED) is 0.0888. The van der Waals surface area contributed by atoms with Gasteiger partial charge in [0.2, 0.25) is 14.5 Å². The van der Waals surface area contributed by atoms with Crippen LogP contribution in [0.1, 0.15) is 6.42 Å². The van der Waals surface area contributed by atoms with Gasteiger partial charge in [-0.15, -0.1) is 6.42 Å². The smallest absolute Gasteiger partial charge is 0.358 e. The summed E-state index contributed by atoms with van der Waals surface area (Å²) in [5.74, 6) is 0. The average Bonchev–Trinajstić information content (AvgIpc) is 3.73. The molecule has 4 heteroatoms. The van der Waals surface area contributed by atoms with Crippen molar-refractivity contribution in [1.29, 1.82) is 0 Å². The molecule has 1 aliphatic carbocycles. The number of rotatable bonds is 8. The van der Waals surface area contributed by atoms with E-state index in [0.717, 1.165) is 38.2 Å². The first-order valence-electron chi connectivity index (χ1n) is 15.2. The first-order valence-corrected chi connectivity index (χ1v) is 18.8. The van der Waals surface area contributed by atoms with Crippen molar-refractivity contribution in [2.75, 3.05) is 0 Å². The predicted molar refractivity (Wildman–Crippen MR) is 204 cm³/mol. The topological polar surface area (TPSA) is 17.1 Å². The Balaban J connectivity index is 0.000000655. The van der Waals surface area contributed by atoms with Crippen LogP contribution in [0.5, 0.6) is 0 Å². The maximum Gasteiger partial charge on any atom is 2.00 e. The summed E-state index contributed by atoms with van der Waals surface area (Å²) in [5, 5.41) is 6.74. The largest absolute Gasteiger partial charge is 2.00 e. The molecule has 0 heterocycles. The molecular weight excluding hydrogens is 649 g/mol. The Hall–Kier alpha value is -4.15. The van der Waals surface area contributed by atoms with Gasteiger partial charge in [0, 0.05) is 0 Å². The van der Waals surface area contributed by atoms with Crippen molar-refractivity contribution < 1.29 is 21.9 Å². The fourth-order valence-electron chi connectivity index (χ4n) is 6.03. The first-order chi connectivity index (χ1) is 22.3. The van der Waals surface area contributed by atoms with E-state index >= 15 is 4.79 Å². The van der Waals surface area contributed by atoms with Gasteiger partial charge < -0.3 is 7.43 Å². The fourth-order valence-corrected chi connectivity index (χ4v) is 16.7. The van der Waals surface area contributed by atoms with Crippen molar-refractivity contribution in [3.05, 3.63) is 214 Å². The number of carbonyl (C=O) groups excluding carboxylic acids is 1. The van der Waals surface area contributed by atoms with Crippen LogP contribution in [0.3, 0.4) is 0 Å². The SMILES string of the molecule is O=C([P+](c1ccccc1)(c1ccccc1)c1ccccc1)[P+](c1ccccc1)(c1ccccc1)c1ccccc1.[C-]1=CC=CC1.[CH3-].[Mn+2]. The van der Waals surface area contributed by atoms with Gasteiger partial charge in [0.15, 0.2) is 0 Å². The summed E-state index contributed by atoms with van der Waals surface area (Å²) < 4.78 is 0. The van der Waals surface area contributed by atoms with E-state index in [1.165, 1.54) is 0 Å². The predicted octanol–water partition coefficient (Wildman–Crippen LogP) is 8.85. The molecule has 0 amide bonds. The van der Waals surface area contributed by atoms with Gasteiger partial charge in [0.05, 0.1) is 0 Å². The van der Waals surface area contributed by atoms with E-state index < -0.39 is 14.5 Å². The summed E-state index contributed by atoms with van der Waals surface area (Å²) in [6, 6.07) is 62.9. The third-order valence-electron chi connectivity index (χ3n) is 8.02. The van der Waals surface area contributed by atoms with Crippen LogP contribution in [0.4, 0.5) is 4.79 Å². The molecule has 1 nitrogen and oxygen atoms in total. The zero-order valence-corrected chi connectivity index (χ0v) is 29.4. The second-order valence-electron chi connectivity index (χ2n) is 10.6. The van der Waals surface area contributed by atoms with Gasteiger partial charge in [-0.2, -0.15) is 6.08 Å².